The number of carbonyl (C=O) groups is 1. The molecule has 0 radical (unpaired) electrons. The number of halogens is 3. The van der Waals surface area contributed by atoms with Gasteiger partial charge in [-0.25, -0.2) is 4.79 Å². The Labute approximate surface area is 165 Å². The number of hydrogen-bond acceptors (Lipinski definition) is 4. The lowest BCUT2D eigenvalue weighted by molar-refractivity contribution is -0.137. The minimum absolute atomic E-state index is 0.0516. The number of fused-ring (bicyclic) bond motifs is 1. The summed E-state index contributed by atoms with van der Waals surface area (Å²) in [5.41, 5.74) is -2.28. The van der Waals surface area contributed by atoms with Gasteiger partial charge in [0.25, 0.3) is 5.56 Å². The smallest absolute Gasteiger partial charge is 0.417 e. The van der Waals surface area contributed by atoms with Gasteiger partial charge in [0.05, 0.1) is 22.5 Å². The number of alkyl halides is 3. The maximum absolute atomic E-state index is 13.6. The van der Waals surface area contributed by atoms with Crippen LogP contribution in [0.25, 0.3) is 11.3 Å². The van der Waals surface area contributed by atoms with Crippen molar-refractivity contribution in [2.45, 2.75) is 45.4 Å². The molecule has 0 atom stereocenters. The fourth-order valence-electron chi connectivity index (χ4n) is 3.33. The maximum atomic E-state index is 13.6. The maximum Gasteiger partial charge on any atom is 0.417 e. The van der Waals surface area contributed by atoms with Crippen LogP contribution in [0.1, 0.15) is 38.3 Å². The van der Waals surface area contributed by atoms with Crippen molar-refractivity contribution >= 4 is 11.8 Å². The zero-order valence-electron chi connectivity index (χ0n) is 16.6. The van der Waals surface area contributed by atoms with E-state index < -0.39 is 34.6 Å². The molecule has 2 aromatic rings. The normalized spacial score (nSPS) is 14.5. The van der Waals surface area contributed by atoms with Gasteiger partial charge in [0.2, 0.25) is 0 Å². The average molecular weight is 409 g/mol. The van der Waals surface area contributed by atoms with Crippen LogP contribution < -0.4 is 10.5 Å². The first-order valence-corrected chi connectivity index (χ1v) is 9.16. The topological polar surface area (TPSA) is 64.4 Å². The Balaban J connectivity index is 2.19. The van der Waals surface area contributed by atoms with Crippen LogP contribution in [0.15, 0.2) is 29.3 Å². The van der Waals surface area contributed by atoms with Crippen molar-refractivity contribution in [2.24, 2.45) is 7.05 Å². The van der Waals surface area contributed by atoms with Crippen molar-refractivity contribution < 1.29 is 22.7 Å². The summed E-state index contributed by atoms with van der Waals surface area (Å²) in [7, 11) is 1.38. The number of aryl methyl sites for hydroxylation is 1. The average Bonchev–Trinajstić information content (AvgIpc) is 2.60. The summed E-state index contributed by atoms with van der Waals surface area (Å²) in [5, 5.41) is 0. The molecule has 0 bridgehead atoms. The molecule has 0 saturated carbocycles. The van der Waals surface area contributed by atoms with Crippen LogP contribution in [0.3, 0.4) is 0 Å². The molecular weight excluding hydrogens is 387 g/mol. The second-order valence-corrected chi connectivity index (χ2v) is 7.91. The van der Waals surface area contributed by atoms with E-state index in [0.29, 0.717) is 30.6 Å². The number of aromatic nitrogens is 2. The molecule has 0 N–H and O–H groups in total. The van der Waals surface area contributed by atoms with Gasteiger partial charge in [-0.1, -0.05) is 0 Å². The third kappa shape index (κ3) is 4.13. The fraction of sp³-hybridized carbons (Fsp3) is 0.450. The molecule has 1 aliphatic heterocycles. The van der Waals surface area contributed by atoms with Crippen LogP contribution in [0.4, 0.5) is 23.7 Å². The number of nitrogens with zero attached hydrogens (tertiary/aromatic N) is 3. The van der Waals surface area contributed by atoms with Crippen LogP contribution in [0, 0.1) is 0 Å². The molecule has 156 valence electrons. The molecule has 6 nitrogen and oxygen atoms in total. The number of amides is 1. The first-order chi connectivity index (χ1) is 13.4. The molecule has 1 aliphatic rings. The van der Waals surface area contributed by atoms with Crippen LogP contribution in [0.5, 0.6) is 0 Å². The Morgan fingerprint density at radius 3 is 2.52 bits per heavy atom. The monoisotopic (exact) mass is 409 g/mol. The van der Waals surface area contributed by atoms with Crippen molar-refractivity contribution in [1.29, 1.82) is 0 Å². The third-order valence-electron chi connectivity index (χ3n) is 4.55. The van der Waals surface area contributed by atoms with E-state index in [0.717, 1.165) is 16.8 Å². The van der Waals surface area contributed by atoms with Crippen LogP contribution in [-0.4, -0.2) is 27.8 Å². The van der Waals surface area contributed by atoms with Gasteiger partial charge < -0.3 is 9.30 Å². The number of hydrogen-bond donors (Lipinski definition) is 0. The molecule has 0 spiro atoms. The Morgan fingerprint density at radius 1 is 1.21 bits per heavy atom. The predicted molar refractivity (Wildman–Crippen MR) is 102 cm³/mol. The summed E-state index contributed by atoms with van der Waals surface area (Å²) in [6.45, 7) is 5.56. The highest BCUT2D eigenvalue weighted by atomic mass is 19.4. The molecule has 0 aromatic carbocycles. The van der Waals surface area contributed by atoms with Crippen molar-refractivity contribution in [3.63, 3.8) is 0 Å². The fourth-order valence-corrected chi connectivity index (χ4v) is 3.33. The van der Waals surface area contributed by atoms with E-state index in [9.17, 15) is 22.8 Å². The Morgan fingerprint density at radius 2 is 1.90 bits per heavy atom. The molecule has 0 saturated heterocycles. The van der Waals surface area contributed by atoms with Crippen molar-refractivity contribution in [1.82, 2.24) is 9.55 Å². The summed E-state index contributed by atoms with van der Waals surface area (Å²) in [5.74, 6) is 0. The molecule has 3 heterocycles. The Kier molecular flexibility index (Phi) is 5.19. The van der Waals surface area contributed by atoms with E-state index in [2.05, 4.69) is 4.98 Å². The highest BCUT2D eigenvalue weighted by Gasteiger charge is 2.37. The number of rotatable bonds is 1. The lowest BCUT2D eigenvalue weighted by atomic mass is 9.95. The largest absolute Gasteiger partial charge is 0.443 e. The quantitative estimate of drug-likeness (QED) is 0.710. The zero-order chi connectivity index (χ0) is 21.6. The molecule has 29 heavy (non-hydrogen) atoms. The van der Waals surface area contributed by atoms with E-state index in [-0.39, 0.29) is 5.69 Å². The van der Waals surface area contributed by atoms with Crippen molar-refractivity contribution in [2.75, 3.05) is 11.4 Å². The summed E-state index contributed by atoms with van der Waals surface area (Å²) >= 11 is 0. The Bertz CT molecular complexity index is 1010. The molecule has 0 unspecified atom stereocenters. The first-order valence-electron chi connectivity index (χ1n) is 9.16. The summed E-state index contributed by atoms with van der Waals surface area (Å²) in [6, 6.07) is 2.43. The molecule has 1 amide bonds. The number of ether oxygens (including phenoxy) is 1. The van der Waals surface area contributed by atoms with Gasteiger partial charge in [-0.2, -0.15) is 13.2 Å². The molecule has 0 aliphatic carbocycles. The van der Waals surface area contributed by atoms with Crippen LogP contribution in [-0.2, 0) is 24.4 Å². The van der Waals surface area contributed by atoms with Gasteiger partial charge in [-0.3, -0.25) is 14.7 Å². The van der Waals surface area contributed by atoms with Gasteiger partial charge in [-0.05, 0) is 45.7 Å². The summed E-state index contributed by atoms with van der Waals surface area (Å²) in [6.07, 6.45) is -2.01. The second-order valence-electron chi connectivity index (χ2n) is 7.91. The first kappa shape index (κ1) is 20.9. The van der Waals surface area contributed by atoms with E-state index >= 15 is 0 Å². The minimum atomic E-state index is -4.72. The molecule has 0 fully saturated rings. The van der Waals surface area contributed by atoms with Crippen molar-refractivity contribution in [3.05, 3.63) is 46.0 Å². The van der Waals surface area contributed by atoms with Gasteiger partial charge in [0, 0.05) is 31.5 Å². The molecular formula is C20H22F3N3O3. The Hall–Kier alpha value is -2.84. The number of anilines is 1. The standard InChI is InChI=1S/C20H22F3N3O3/c1-19(2,3)29-18(28)26-10-5-6-12-14(26)7-9-24-16(12)15-13(20(21,22)23)8-11-25(4)17(15)27/h7-9,11H,5-6,10H2,1-4H3. The van der Waals surface area contributed by atoms with Crippen LogP contribution in [0.2, 0.25) is 0 Å². The van der Waals surface area contributed by atoms with Gasteiger partial charge in [0.1, 0.15) is 5.60 Å². The predicted octanol–water partition coefficient (Wildman–Crippen LogP) is 4.15. The third-order valence-corrected chi connectivity index (χ3v) is 4.55. The summed E-state index contributed by atoms with van der Waals surface area (Å²) < 4.78 is 47.3. The SMILES string of the molecule is Cn1ccc(C(F)(F)F)c(-c2nccc3c2CCCN3C(=O)OC(C)(C)C)c1=O. The lowest BCUT2D eigenvalue weighted by Crippen LogP contribution is -2.40. The minimum Gasteiger partial charge on any atom is -0.443 e. The highest BCUT2D eigenvalue weighted by molar-refractivity contribution is 5.91. The van der Waals surface area contributed by atoms with Gasteiger partial charge in [0.15, 0.2) is 0 Å². The van der Waals surface area contributed by atoms with Gasteiger partial charge >= 0.3 is 12.3 Å². The highest BCUT2D eigenvalue weighted by Crippen LogP contribution is 2.39. The number of carbonyl (C=O) groups excluding carboxylic acids is 1. The van der Waals surface area contributed by atoms with E-state index in [1.54, 1.807) is 26.8 Å². The van der Waals surface area contributed by atoms with Gasteiger partial charge in [-0.15, -0.1) is 0 Å². The van der Waals surface area contributed by atoms with Crippen molar-refractivity contribution in [3.8, 4) is 11.3 Å². The number of pyridine rings is 2. The van der Waals surface area contributed by atoms with E-state index in [1.807, 2.05) is 0 Å². The molecule has 3 rings (SSSR count). The molecule has 2 aromatic heterocycles. The zero-order valence-corrected chi connectivity index (χ0v) is 16.6. The molecule has 9 heteroatoms. The van der Waals surface area contributed by atoms with E-state index in [1.165, 1.54) is 18.1 Å². The summed E-state index contributed by atoms with van der Waals surface area (Å²) in [4.78, 5) is 30.8. The second kappa shape index (κ2) is 7.20. The van der Waals surface area contributed by atoms with E-state index in [4.69, 9.17) is 4.74 Å². The lowest BCUT2D eigenvalue weighted by Gasteiger charge is -2.32. The van der Waals surface area contributed by atoms with Crippen LogP contribution >= 0.6 is 0 Å².